The minimum atomic E-state index is -0.228. The average Bonchev–Trinajstić information content (AvgIpc) is 3.36. The Morgan fingerprint density at radius 3 is 2.49 bits per heavy atom. The van der Waals surface area contributed by atoms with Crippen molar-refractivity contribution in [1.82, 2.24) is 10.3 Å². The first kappa shape index (κ1) is 28.4. The number of benzene rings is 3. The van der Waals surface area contributed by atoms with Gasteiger partial charge >= 0.3 is 0 Å². The Hall–Kier alpha value is -4.69. The van der Waals surface area contributed by atoms with E-state index in [1.807, 2.05) is 79.0 Å². The lowest BCUT2D eigenvalue weighted by atomic mass is 9.86. The van der Waals surface area contributed by atoms with E-state index in [0.29, 0.717) is 16.5 Å². The lowest BCUT2D eigenvalue weighted by Crippen LogP contribution is -2.42. The van der Waals surface area contributed by atoms with E-state index in [2.05, 4.69) is 72.5 Å². The van der Waals surface area contributed by atoms with E-state index in [-0.39, 0.29) is 30.1 Å². The molecule has 8 heteroatoms. The summed E-state index contributed by atoms with van der Waals surface area (Å²) in [5.74, 6) is 0.424. The molecule has 2 N–H and O–H groups in total. The number of ether oxygens (including phenoxy) is 1. The number of anilines is 3. The molecular weight excluding hydrogens is 554 g/mol. The molecule has 2 aliphatic heterocycles. The molecule has 2 atom stereocenters. The summed E-state index contributed by atoms with van der Waals surface area (Å²) < 4.78 is 5.58. The molecule has 6 rings (SSSR count). The van der Waals surface area contributed by atoms with Crippen LogP contribution in [-0.4, -0.2) is 35.2 Å². The summed E-state index contributed by atoms with van der Waals surface area (Å²) in [6.45, 7) is 6.57. The van der Waals surface area contributed by atoms with Gasteiger partial charge in [-0.2, -0.15) is 0 Å². The summed E-state index contributed by atoms with van der Waals surface area (Å²) in [4.78, 5) is 21.7. The van der Waals surface area contributed by atoms with Gasteiger partial charge in [-0.15, -0.1) is 0 Å². The number of allylic oxidation sites excluding steroid dienone is 1. The van der Waals surface area contributed by atoms with Crippen molar-refractivity contribution in [3.05, 3.63) is 120 Å². The first-order valence-electron chi connectivity index (χ1n) is 14.4. The molecule has 1 amide bonds. The quantitative estimate of drug-likeness (QED) is 0.227. The van der Waals surface area contributed by atoms with E-state index in [4.69, 9.17) is 21.9 Å². The normalized spacial score (nSPS) is 18.9. The van der Waals surface area contributed by atoms with Gasteiger partial charge in [0.25, 0.3) is 5.91 Å². The van der Waals surface area contributed by atoms with Crippen LogP contribution in [0.3, 0.4) is 0 Å². The number of amides is 1. The van der Waals surface area contributed by atoms with Crippen LogP contribution in [0.2, 0.25) is 0 Å². The SMILES string of the molecule is CC1=CC(C)(C)N(C)c2ccc([C@H]3[C@@H](c4ccccn4)NC(=S)N3c3ccc(NC(=O)COc4ccccc4)cc3)cc21. The van der Waals surface area contributed by atoms with Crippen LogP contribution in [0.1, 0.15) is 49.7 Å². The average molecular weight is 590 g/mol. The maximum Gasteiger partial charge on any atom is 0.262 e. The second-order valence-corrected chi connectivity index (χ2v) is 11.9. The zero-order chi connectivity index (χ0) is 30.1. The fourth-order valence-corrected chi connectivity index (χ4v) is 6.25. The lowest BCUT2D eigenvalue weighted by molar-refractivity contribution is -0.118. The van der Waals surface area contributed by atoms with Gasteiger partial charge < -0.3 is 25.2 Å². The maximum atomic E-state index is 12.5. The first-order valence-corrected chi connectivity index (χ1v) is 14.8. The van der Waals surface area contributed by atoms with Crippen LogP contribution in [-0.2, 0) is 4.79 Å². The van der Waals surface area contributed by atoms with Crippen molar-refractivity contribution in [2.75, 3.05) is 28.8 Å². The van der Waals surface area contributed by atoms with Crippen molar-refractivity contribution in [3.63, 3.8) is 0 Å². The summed E-state index contributed by atoms with van der Waals surface area (Å²) in [5.41, 5.74) is 7.27. The largest absolute Gasteiger partial charge is 0.484 e. The highest BCUT2D eigenvalue weighted by Crippen LogP contribution is 2.45. The highest BCUT2D eigenvalue weighted by molar-refractivity contribution is 7.80. The molecule has 43 heavy (non-hydrogen) atoms. The van der Waals surface area contributed by atoms with Crippen LogP contribution in [0.4, 0.5) is 17.1 Å². The van der Waals surface area contributed by atoms with E-state index < -0.39 is 0 Å². The molecule has 0 radical (unpaired) electrons. The minimum absolute atomic E-state index is 0.0670. The highest BCUT2D eigenvalue weighted by Gasteiger charge is 2.41. The van der Waals surface area contributed by atoms with Gasteiger partial charge in [0.05, 0.1) is 23.3 Å². The molecule has 1 aromatic heterocycles. The predicted molar refractivity (Wildman–Crippen MR) is 178 cm³/mol. The molecule has 218 valence electrons. The fourth-order valence-electron chi connectivity index (χ4n) is 5.90. The monoisotopic (exact) mass is 589 g/mol. The van der Waals surface area contributed by atoms with Crippen LogP contribution in [0.25, 0.3) is 5.57 Å². The third-order valence-corrected chi connectivity index (χ3v) is 8.54. The van der Waals surface area contributed by atoms with Gasteiger partial charge in [0, 0.05) is 35.9 Å². The van der Waals surface area contributed by atoms with E-state index in [9.17, 15) is 4.79 Å². The molecular formula is C35H35N5O2S. The number of thiocarbonyl (C=S) groups is 1. The molecule has 0 bridgehead atoms. The Kier molecular flexibility index (Phi) is 7.62. The number of carbonyl (C=O) groups is 1. The third kappa shape index (κ3) is 5.70. The van der Waals surface area contributed by atoms with Gasteiger partial charge in [-0.1, -0.05) is 36.4 Å². The first-order chi connectivity index (χ1) is 20.7. The van der Waals surface area contributed by atoms with Gasteiger partial charge in [0.15, 0.2) is 11.7 Å². The summed E-state index contributed by atoms with van der Waals surface area (Å²) in [6, 6.07) is 29.4. The van der Waals surface area contributed by atoms with Crippen molar-refractivity contribution >= 4 is 45.9 Å². The van der Waals surface area contributed by atoms with Gasteiger partial charge in [0.2, 0.25) is 0 Å². The zero-order valence-corrected chi connectivity index (χ0v) is 25.6. The van der Waals surface area contributed by atoms with E-state index in [1.54, 1.807) is 0 Å². The molecule has 0 unspecified atom stereocenters. The molecule has 0 aliphatic carbocycles. The second-order valence-electron chi connectivity index (χ2n) is 11.5. The van der Waals surface area contributed by atoms with Gasteiger partial charge in [0.1, 0.15) is 5.75 Å². The lowest BCUT2D eigenvalue weighted by Gasteiger charge is -2.41. The summed E-state index contributed by atoms with van der Waals surface area (Å²) in [7, 11) is 2.14. The Bertz CT molecular complexity index is 1670. The minimum Gasteiger partial charge on any atom is -0.484 e. The Balaban J connectivity index is 1.29. The molecule has 1 saturated heterocycles. The second kappa shape index (κ2) is 11.5. The van der Waals surface area contributed by atoms with Gasteiger partial charge in [-0.3, -0.25) is 9.78 Å². The van der Waals surface area contributed by atoms with Crippen molar-refractivity contribution in [3.8, 4) is 5.75 Å². The number of hydrogen-bond acceptors (Lipinski definition) is 5. The number of pyridine rings is 1. The number of aromatic nitrogens is 1. The number of nitrogens with zero attached hydrogens (tertiary/aromatic N) is 3. The topological polar surface area (TPSA) is 69.7 Å². The standard InChI is InChI=1S/C35H35N5O2S/c1-23-21-35(2,3)39(4)30-18-13-24(20-28(23)30)33-32(29-12-8-9-19-36-29)38-34(43)40(33)26-16-14-25(15-17-26)37-31(41)22-42-27-10-6-5-7-11-27/h5-21,32-33H,22H2,1-4H3,(H,37,41)(H,38,43)/t32-,33+/m1/s1. The van der Waals surface area contributed by atoms with Crippen molar-refractivity contribution in [2.45, 2.75) is 38.4 Å². The molecule has 1 fully saturated rings. The van der Waals surface area contributed by atoms with Gasteiger partial charge in [-0.05, 0) is 105 Å². The van der Waals surface area contributed by atoms with Crippen molar-refractivity contribution in [1.29, 1.82) is 0 Å². The molecule has 4 aromatic rings. The highest BCUT2D eigenvalue weighted by atomic mass is 32.1. The van der Waals surface area contributed by atoms with Crippen molar-refractivity contribution < 1.29 is 9.53 Å². The number of nitrogens with one attached hydrogen (secondary N) is 2. The van der Waals surface area contributed by atoms with Crippen LogP contribution in [0.5, 0.6) is 5.75 Å². The summed E-state index contributed by atoms with van der Waals surface area (Å²) >= 11 is 5.93. The van der Waals surface area contributed by atoms with E-state index >= 15 is 0 Å². The molecule has 3 aromatic carbocycles. The Labute approximate surface area is 258 Å². The fraction of sp³-hybridized carbons (Fsp3) is 0.229. The van der Waals surface area contributed by atoms with Gasteiger partial charge in [-0.25, -0.2) is 0 Å². The summed E-state index contributed by atoms with van der Waals surface area (Å²) in [6.07, 6.45) is 4.14. The molecule has 7 nitrogen and oxygen atoms in total. The molecule has 0 spiro atoms. The Morgan fingerprint density at radius 2 is 1.77 bits per heavy atom. The van der Waals surface area contributed by atoms with Crippen LogP contribution in [0.15, 0.2) is 103 Å². The van der Waals surface area contributed by atoms with Crippen LogP contribution >= 0.6 is 12.2 Å². The van der Waals surface area contributed by atoms with Crippen molar-refractivity contribution in [2.24, 2.45) is 0 Å². The van der Waals surface area contributed by atoms with E-state index in [0.717, 1.165) is 16.9 Å². The van der Waals surface area contributed by atoms with Crippen LogP contribution < -0.4 is 25.2 Å². The number of carbonyl (C=O) groups excluding carboxylic acids is 1. The predicted octanol–water partition coefficient (Wildman–Crippen LogP) is 6.91. The van der Waals surface area contributed by atoms with E-state index in [1.165, 1.54) is 16.8 Å². The Morgan fingerprint density at radius 1 is 1.02 bits per heavy atom. The number of rotatable bonds is 7. The number of hydrogen-bond donors (Lipinski definition) is 2. The molecule has 2 aliphatic rings. The molecule has 3 heterocycles. The number of para-hydroxylation sites is 1. The third-order valence-electron chi connectivity index (χ3n) is 8.22. The molecule has 0 saturated carbocycles. The van der Waals surface area contributed by atoms with Crippen LogP contribution in [0, 0.1) is 0 Å². The summed E-state index contributed by atoms with van der Waals surface area (Å²) in [5, 5.41) is 7.08. The number of fused-ring (bicyclic) bond motifs is 1. The zero-order valence-electron chi connectivity index (χ0n) is 24.7. The number of likely N-dealkylation sites (N-methyl/N-ethyl adjacent to an activating group) is 1. The smallest absolute Gasteiger partial charge is 0.262 e. The maximum absolute atomic E-state index is 12.5.